The number of pyridine rings is 1. The largest absolute Gasteiger partial charge is 0.393 e. The van der Waals surface area contributed by atoms with Crippen molar-refractivity contribution in [1.82, 2.24) is 4.98 Å². The molecule has 6 atom stereocenters. The summed E-state index contributed by atoms with van der Waals surface area (Å²) in [5.74, 6) is 2.80. The van der Waals surface area contributed by atoms with Gasteiger partial charge in [0.2, 0.25) is 5.88 Å². The molecule has 5 rings (SSSR count). The molecule has 0 unspecified atom stereocenters. The molecule has 4 aliphatic carbocycles. The van der Waals surface area contributed by atoms with E-state index in [1.165, 1.54) is 32.1 Å². The lowest BCUT2D eigenvalue weighted by atomic mass is 9.47. The monoisotopic (exact) mass is 380 g/mol. The number of hydrogen-bond acceptors (Lipinski definition) is 4. The van der Waals surface area contributed by atoms with Gasteiger partial charge >= 0.3 is 0 Å². The third kappa shape index (κ3) is 2.75. The van der Waals surface area contributed by atoms with Crippen LogP contribution in [0.3, 0.4) is 0 Å². The number of nitrogens with zero attached hydrogens (tertiary/aromatic N) is 2. The second-order valence-corrected chi connectivity index (χ2v) is 9.98. The quantitative estimate of drug-likeness (QED) is 0.723. The zero-order chi connectivity index (χ0) is 19.4. The Hall–Kier alpha value is -1.68. The minimum Gasteiger partial charge on any atom is -0.393 e. The molecule has 4 nitrogen and oxygen atoms in total. The molecule has 1 aromatic heterocycles. The van der Waals surface area contributed by atoms with Crippen LogP contribution < -0.4 is 4.84 Å². The molecular formula is C24H32N2O2. The third-order valence-electron chi connectivity index (χ3n) is 8.82. The lowest BCUT2D eigenvalue weighted by Gasteiger charge is -2.57. The van der Waals surface area contributed by atoms with E-state index in [0.717, 1.165) is 36.8 Å². The zero-order valence-corrected chi connectivity index (χ0v) is 17.1. The van der Waals surface area contributed by atoms with E-state index < -0.39 is 0 Å². The Balaban J connectivity index is 1.37. The van der Waals surface area contributed by atoms with Crippen molar-refractivity contribution in [3.63, 3.8) is 0 Å². The first-order chi connectivity index (χ1) is 13.5. The lowest BCUT2D eigenvalue weighted by Crippen LogP contribution is -2.51. The fourth-order valence-electron chi connectivity index (χ4n) is 7.12. The minimum absolute atomic E-state index is 0.0861. The average Bonchev–Trinajstić information content (AvgIpc) is 3.02. The summed E-state index contributed by atoms with van der Waals surface area (Å²) in [4.78, 5) is 9.74. The van der Waals surface area contributed by atoms with E-state index in [9.17, 15) is 5.11 Å². The topological polar surface area (TPSA) is 54.7 Å². The standard InChI is InChI=1S/C24H32N2O2/c1-23-12-10-17(26-28-22-5-3-4-14-25-22)15-16(23)6-7-18-19-8-9-21(27)24(19,2)13-11-20(18)23/h3-5,14-15,18-21,27H,6-13H2,1-2H3/t18-,19-,20-,21-,23-,24-/m0/s1. The molecular weight excluding hydrogens is 348 g/mol. The van der Waals surface area contributed by atoms with Gasteiger partial charge in [-0.05, 0) is 92.1 Å². The van der Waals surface area contributed by atoms with Gasteiger partial charge in [-0.15, -0.1) is 0 Å². The molecule has 0 amide bonds. The first-order valence-corrected chi connectivity index (χ1v) is 11.0. The molecule has 0 saturated heterocycles. The smallest absolute Gasteiger partial charge is 0.248 e. The van der Waals surface area contributed by atoms with Crippen molar-refractivity contribution in [3.8, 4) is 5.88 Å². The molecule has 0 aliphatic heterocycles. The van der Waals surface area contributed by atoms with Crippen molar-refractivity contribution in [1.29, 1.82) is 0 Å². The van der Waals surface area contributed by atoms with Crippen LogP contribution >= 0.6 is 0 Å². The molecule has 1 heterocycles. The third-order valence-corrected chi connectivity index (χ3v) is 8.82. The predicted octanol–water partition coefficient (Wildman–Crippen LogP) is 5.14. The Morgan fingerprint density at radius 2 is 1.96 bits per heavy atom. The van der Waals surface area contributed by atoms with Gasteiger partial charge in [0.25, 0.3) is 0 Å². The summed E-state index contributed by atoms with van der Waals surface area (Å²) in [7, 11) is 0. The lowest BCUT2D eigenvalue weighted by molar-refractivity contribution is -0.0722. The van der Waals surface area contributed by atoms with E-state index in [2.05, 4.69) is 30.1 Å². The number of oxime groups is 1. The molecule has 0 radical (unpaired) electrons. The highest BCUT2D eigenvalue weighted by Gasteiger charge is 2.58. The van der Waals surface area contributed by atoms with Gasteiger partial charge in [-0.2, -0.15) is 0 Å². The van der Waals surface area contributed by atoms with Crippen molar-refractivity contribution in [2.75, 3.05) is 0 Å². The first kappa shape index (κ1) is 18.4. The van der Waals surface area contributed by atoms with Crippen LogP contribution in [0.25, 0.3) is 0 Å². The van der Waals surface area contributed by atoms with Crippen LogP contribution in [-0.4, -0.2) is 21.9 Å². The fraction of sp³-hybridized carbons (Fsp3) is 0.667. The van der Waals surface area contributed by atoms with E-state index in [1.54, 1.807) is 11.8 Å². The summed E-state index contributed by atoms with van der Waals surface area (Å²) < 4.78 is 0. The van der Waals surface area contributed by atoms with E-state index in [-0.39, 0.29) is 11.5 Å². The Bertz CT molecular complexity index is 804. The summed E-state index contributed by atoms with van der Waals surface area (Å²) in [6, 6.07) is 5.63. The molecule has 1 N–H and O–H groups in total. The number of aromatic nitrogens is 1. The normalized spacial score (nSPS) is 43.7. The maximum Gasteiger partial charge on any atom is 0.248 e. The molecule has 3 fully saturated rings. The van der Waals surface area contributed by atoms with Gasteiger partial charge in [0, 0.05) is 12.3 Å². The SMILES string of the molecule is C[C@]12CC[C@H]3[C@@H](CCC4=CC(=NOc5ccccn5)CC[C@@]43C)[C@@H]1CC[C@@H]2O. The molecule has 4 aliphatic rings. The van der Waals surface area contributed by atoms with Gasteiger partial charge in [-0.25, -0.2) is 4.98 Å². The second kappa shape index (κ2) is 6.69. The number of aliphatic hydroxyl groups is 1. The maximum absolute atomic E-state index is 10.6. The predicted molar refractivity (Wildman–Crippen MR) is 110 cm³/mol. The van der Waals surface area contributed by atoms with E-state index >= 15 is 0 Å². The van der Waals surface area contributed by atoms with Crippen LogP contribution in [0.2, 0.25) is 0 Å². The Morgan fingerprint density at radius 1 is 1.07 bits per heavy atom. The fourth-order valence-corrected chi connectivity index (χ4v) is 7.12. The zero-order valence-electron chi connectivity index (χ0n) is 17.1. The van der Waals surface area contributed by atoms with Crippen LogP contribution in [0.15, 0.2) is 41.2 Å². The van der Waals surface area contributed by atoms with Crippen LogP contribution in [0.1, 0.15) is 65.2 Å². The van der Waals surface area contributed by atoms with Crippen molar-refractivity contribution >= 4 is 5.71 Å². The molecule has 1 aromatic rings. The van der Waals surface area contributed by atoms with E-state index in [0.29, 0.717) is 17.2 Å². The molecule has 0 aromatic carbocycles. The summed E-state index contributed by atoms with van der Waals surface area (Å²) in [5.41, 5.74) is 3.08. The van der Waals surface area contributed by atoms with E-state index in [1.807, 2.05) is 18.2 Å². The van der Waals surface area contributed by atoms with Crippen LogP contribution in [-0.2, 0) is 0 Å². The second-order valence-electron chi connectivity index (χ2n) is 9.98. The number of hydrogen-bond donors (Lipinski definition) is 1. The molecule has 3 saturated carbocycles. The van der Waals surface area contributed by atoms with Gasteiger partial charge in [0.05, 0.1) is 11.8 Å². The summed E-state index contributed by atoms with van der Waals surface area (Å²) in [6.45, 7) is 4.86. The molecule has 150 valence electrons. The highest BCUT2D eigenvalue weighted by Crippen LogP contribution is 2.65. The molecule has 4 heteroatoms. The first-order valence-electron chi connectivity index (χ1n) is 11.0. The van der Waals surface area contributed by atoms with Crippen LogP contribution in [0.4, 0.5) is 0 Å². The number of aliphatic hydroxyl groups excluding tert-OH is 1. The van der Waals surface area contributed by atoms with E-state index in [4.69, 9.17) is 4.84 Å². The highest BCUT2D eigenvalue weighted by atomic mass is 16.6. The summed E-state index contributed by atoms with van der Waals surface area (Å²) in [6.07, 6.45) is 13.2. The van der Waals surface area contributed by atoms with Gasteiger partial charge in [-0.1, -0.05) is 30.6 Å². The van der Waals surface area contributed by atoms with Crippen molar-refractivity contribution in [3.05, 3.63) is 36.0 Å². The van der Waals surface area contributed by atoms with Gasteiger partial charge in [-0.3, -0.25) is 0 Å². The average molecular weight is 381 g/mol. The van der Waals surface area contributed by atoms with Crippen molar-refractivity contribution in [2.45, 2.75) is 71.3 Å². The summed E-state index contributed by atoms with van der Waals surface area (Å²) in [5, 5.41) is 15.0. The maximum atomic E-state index is 10.6. The van der Waals surface area contributed by atoms with Crippen LogP contribution in [0, 0.1) is 28.6 Å². The molecule has 28 heavy (non-hydrogen) atoms. The minimum atomic E-state index is -0.0861. The summed E-state index contributed by atoms with van der Waals surface area (Å²) >= 11 is 0. The number of fused-ring (bicyclic) bond motifs is 5. The number of allylic oxidation sites excluding steroid dienone is 2. The molecule has 0 bridgehead atoms. The number of rotatable bonds is 2. The van der Waals surface area contributed by atoms with Gasteiger partial charge < -0.3 is 9.94 Å². The van der Waals surface area contributed by atoms with Crippen molar-refractivity contribution in [2.24, 2.45) is 33.7 Å². The van der Waals surface area contributed by atoms with Gasteiger partial charge in [0.1, 0.15) is 0 Å². The van der Waals surface area contributed by atoms with Gasteiger partial charge in [0.15, 0.2) is 0 Å². The van der Waals surface area contributed by atoms with Crippen LogP contribution in [0.5, 0.6) is 5.88 Å². The highest BCUT2D eigenvalue weighted by molar-refractivity contribution is 5.96. The van der Waals surface area contributed by atoms with Crippen molar-refractivity contribution < 1.29 is 9.94 Å². The molecule has 0 spiro atoms. The Kier molecular flexibility index (Phi) is 4.38. The Labute approximate surface area is 168 Å². The Morgan fingerprint density at radius 3 is 2.79 bits per heavy atom.